The van der Waals surface area contributed by atoms with E-state index in [4.69, 9.17) is 9.47 Å². The van der Waals surface area contributed by atoms with E-state index in [9.17, 15) is 0 Å². The Bertz CT molecular complexity index is 709. The fraction of sp³-hybridized carbons (Fsp3) is 0.375. The molecule has 1 aromatic carbocycles. The number of hydrogen-bond acceptors (Lipinski definition) is 4. The minimum absolute atomic E-state index is 0. The van der Waals surface area contributed by atoms with E-state index in [0.717, 1.165) is 47.0 Å². The van der Waals surface area contributed by atoms with E-state index in [0.29, 0.717) is 6.54 Å². The van der Waals surface area contributed by atoms with E-state index < -0.39 is 0 Å². The Labute approximate surface area is 172 Å². The average molecular weight is 522 g/mol. The number of halogens is 2. The van der Waals surface area contributed by atoms with Gasteiger partial charge in [-0.2, -0.15) is 5.10 Å². The first-order valence-corrected chi connectivity index (χ1v) is 8.55. The molecule has 0 atom stereocenters. The average Bonchev–Trinajstić information content (AvgIpc) is 3.25. The molecule has 136 valence electrons. The Morgan fingerprint density at radius 2 is 2.24 bits per heavy atom. The van der Waals surface area contributed by atoms with Crippen LogP contribution in [0.25, 0.3) is 0 Å². The van der Waals surface area contributed by atoms with Crippen LogP contribution in [0.2, 0.25) is 0 Å². The zero-order valence-electron chi connectivity index (χ0n) is 13.9. The summed E-state index contributed by atoms with van der Waals surface area (Å²) in [5, 5.41) is 10.8. The molecule has 25 heavy (non-hydrogen) atoms. The highest BCUT2D eigenvalue weighted by molar-refractivity contribution is 14.0. The summed E-state index contributed by atoms with van der Waals surface area (Å²) < 4.78 is 13.6. The molecule has 1 aliphatic heterocycles. The predicted molar refractivity (Wildman–Crippen MR) is 111 cm³/mol. The fourth-order valence-electron chi connectivity index (χ4n) is 2.41. The van der Waals surface area contributed by atoms with E-state index in [1.54, 1.807) is 13.2 Å². The SMILES string of the molecule is CN=C(NCCCn1cccn1)NCc1cc(Br)c2c(c1)OCO2.I. The van der Waals surface area contributed by atoms with Gasteiger partial charge in [-0.15, -0.1) is 24.0 Å². The molecule has 1 aliphatic rings. The van der Waals surface area contributed by atoms with Gasteiger partial charge < -0.3 is 20.1 Å². The maximum absolute atomic E-state index is 5.43. The van der Waals surface area contributed by atoms with Crippen molar-refractivity contribution in [1.29, 1.82) is 0 Å². The van der Waals surface area contributed by atoms with Gasteiger partial charge in [-0.1, -0.05) is 0 Å². The van der Waals surface area contributed by atoms with Gasteiger partial charge in [0, 0.05) is 39.1 Å². The highest BCUT2D eigenvalue weighted by atomic mass is 127. The van der Waals surface area contributed by atoms with Gasteiger partial charge in [-0.25, -0.2) is 0 Å². The van der Waals surface area contributed by atoms with Crippen molar-refractivity contribution in [3.63, 3.8) is 0 Å². The molecule has 2 aromatic rings. The van der Waals surface area contributed by atoms with Crippen LogP contribution in [0, 0.1) is 0 Å². The number of aryl methyl sites for hydroxylation is 1. The van der Waals surface area contributed by atoms with Crippen LogP contribution in [0.5, 0.6) is 11.5 Å². The molecule has 9 heteroatoms. The van der Waals surface area contributed by atoms with Crippen molar-refractivity contribution >= 4 is 45.9 Å². The monoisotopic (exact) mass is 521 g/mol. The predicted octanol–water partition coefficient (Wildman–Crippen LogP) is 2.75. The Kier molecular flexibility index (Phi) is 7.82. The van der Waals surface area contributed by atoms with Crippen molar-refractivity contribution < 1.29 is 9.47 Å². The summed E-state index contributed by atoms with van der Waals surface area (Å²) in [7, 11) is 1.76. The van der Waals surface area contributed by atoms with Crippen LogP contribution in [0.4, 0.5) is 0 Å². The van der Waals surface area contributed by atoms with Gasteiger partial charge in [0.2, 0.25) is 6.79 Å². The largest absolute Gasteiger partial charge is 0.454 e. The second-order valence-electron chi connectivity index (χ2n) is 5.29. The lowest BCUT2D eigenvalue weighted by molar-refractivity contribution is 0.173. The van der Waals surface area contributed by atoms with Gasteiger partial charge in [0.15, 0.2) is 17.5 Å². The normalized spacial score (nSPS) is 12.6. The third-order valence-corrected chi connectivity index (χ3v) is 4.18. The van der Waals surface area contributed by atoms with Crippen molar-refractivity contribution in [2.45, 2.75) is 19.5 Å². The minimum atomic E-state index is 0. The highest BCUT2D eigenvalue weighted by Gasteiger charge is 2.17. The molecule has 0 aliphatic carbocycles. The summed E-state index contributed by atoms with van der Waals surface area (Å²) in [6.07, 6.45) is 4.72. The number of aromatic nitrogens is 2. The summed E-state index contributed by atoms with van der Waals surface area (Å²) in [4.78, 5) is 4.24. The molecule has 0 spiro atoms. The van der Waals surface area contributed by atoms with E-state index >= 15 is 0 Å². The number of guanidine groups is 1. The lowest BCUT2D eigenvalue weighted by Gasteiger charge is -2.12. The third kappa shape index (κ3) is 5.50. The molecule has 0 unspecified atom stereocenters. The number of hydrogen-bond donors (Lipinski definition) is 2. The molecule has 0 bridgehead atoms. The van der Waals surface area contributed by atoms with E-state index in [1.807, 2.05) is 29.1 Å². The van der Waals surface area contributed by atoms with E-state index in [1.165, 1.54) is 0 Å². The summed E-state index contributed by atoms with van der Waals surface area (Å²) >= 11 is 3.51. The summed E-state index contributed by atoms with van der Waals surface area (Å²) in [5.41, 5.74) is 1.09. The molecule has 7 nitrogen and oxygen atoms in total. The van der Waals surface area contributed by atoms with Crippen LogP contribution >= 0.6 is 39.9 Å². The number of aliphatic imine (C=N–C) groups is 1. The number of ether oxygens (including phenoxy) is 2. The summed E-state index contributed by atoms with van der Waals surface area (Å²) in [6.45, 7) is 2.62. The Morgan fingerprint density at radius 1 is 1.36 bits per heavy atom. The number of fused-ring (bicyclic) bond motifs is 1. The molecule has 0 radical (unpaired) electrons. The van der Waals surface area contributed by atoms with Gasteiger partial charge in [-0.3, -0.25) is 9.67 Å². The molecule has 0 amide bonds. The van der Waals surface area contributed by atoms with Crippen molar-refractivity contribution in [2.24, 2.45) is 4.99 Å². The van der Waals surface area contributed by atoms with Gasteiger partial charge in [0.05, 0.1) is 4.47 Å². The molecule has 0 fully saturated rings. The first-order chi connectivity index (χ1) is 11.8. The molecule has 1 aromatic heterocycles. The first-order valence-electron chi connectivity index (χ1n) is 7.76. The van der Waals surface area contributed by atoms with Crippen molar-refractivity contribution in [3.05, 3.63) is 40.6 Å². The summed E-state index contributed by atoms with van der Waals surface area (Å²) in [6, 6.07) is 5.92. The molecular weight excluding hydrogens is 501 g/mol. The zero-order chi connectivity index (χ0) is 16.8. The number of nitrogens with one attached hydrogen (secondary N) is 2. The standard InChI is InChI=1S/C16H20BrN5O2.HI/c1-18-16(19-4-2-6-22-7-3-5-21-22)20-10-12-8-13(17)15-14(9-12)23-11-24-15;/h3,5,7-9H,2,4,6,10-11H2,1H3,(H2,18,19,20);1H. The van der Waals surface area contributed by atoms with Crippen molar-refractivity contribution in [1.82, 2.24) is 20.4 Å². The molecule has 0 saturated heterocycles. The Morgan fingerprint density at radius 3 is 3.00 bits per heavy atom. The Balaban J connectivity index is 0.00000225. The number of rotatable bonds is 6. The zero-order valence-corrected chi connectivity index (χ0v) is 17.8. The van der Waals surface area contributed by atoms with Gasteiger partial charge >= 0.3 is 0 Å². The van der Waals surface area contributed by atoms with Gasteiger partial charge in [0.1, 0.15) is 0 Å². The second-order valence-corrected chi connectivity index (χ2v) is 6.14. The van der Waals surface area contributed by atoms with E-state index in [-0.39, 0.29) is 30.8 Å². The topological polar surface area (TPSA) is 72.7 Å². The smallest absolute Gasteiger partial charge is 0.231 e. The van der Waals surface area contributed by atoms with Crippen LogP contribution in [-0.2, 0) is 13.1 Å². The van der Waals surface area contributed by atoms with Crippen LogP contribution in [0.15, 0.2) is 40.1 Å². The molecule has 2 heterocycles. The van der Waals surface area contributed by atoms with Gasteiger partial charge in [0.25, 0.3) is 0 Å². The first kappa shape index (κ1) is 19.8. The quantitative estimate of drug-likeness (QED) is 0.265. The maximum atomic E-state index is 5.43. The van der Waals surface area contributed by atoms with Crippen LogP contribution < -0.4 is 20.1 Å². The third-order valence-electron chi connectivity index (χ3n) is 3.59. The van der Waals surface area contributed by atoms with E-state index in [2.05, 4.69) is 36.7 Å². The van der Waals surface area contributed by atoms with Crippen molar-refractivity contribution in [2.75, 3.05) is 20.4 Å². The molecule has 0 saturated carbocycles. The number of nitrogens with zero attached hydrogens (tertiary/aromatic N) is 3. The lowest BCUT2D eigenvalue weighted by atomic mass is 10.2. The van der Waals surface area contributed by atoms with Gasteiger partial charge in [-0.05, 0) is 46.1 Å². The van der Waals surface area contributed by atoms with Crippen molar-refractivity contribution in [3.8, 4) is 11.5 Å². The highest BCUT2D eigenvalue weighted by Crippen LogP contribution is 2.39. The Hall–Kier alpha value is -1.49. The molecule has 2 N–H and O–H groups in total. The minimum Gasteiger partial charge on any atom is -0.454 e. The van der Waals surface area contributed by atoms with Crippen LogP contribution in [0.1, 0.15) is 12.0 Å². The molecular formula is C16H21BrIN5O2. The van der Waals surface area contributed by atoms with Crippen LogP contribution in [-0.4, -0.2) is 36.1 Å². The number of benzene rings is 1. The molecule has 3 rings (SSSR count). The van der Waals surface area contributed by atoms with Crippen LogP contribution in [0.3, 0.4) is 0 Å². The lowest BCUT2D eigenvalue weighted by Crippen LogP contribution is -2.37. The maximum Gasteiger partial charge on any atom is 0.231 e. The fourth-order valence-corrected chi connectivity index (χ4v) is 3.01. The summed E-state index contributed by atoms with van der Waals surface area (Å²) in [5.74, 6) is 2.30. The second kappa shape index (κ2) is 9.85.